The summed E-state index contributed by atoms with van der Waals surface area (Å²) in [5.74, 6) is 0. The first-order valence-corrected chi connectivity index (χ1v) is 10.9. The maximum absolute atomic E-state index is 2.37. The molecule has 0 N–H and O–H groups in total. The van der Waals surface area contributed by atoms with Gasteiger partial charge in [0.25, 0.3) is 0 Å². The van der Waals surface area contributed by atoms with Gasteiger partial charge in [0.15, 0.2) is 0 Å². The zero-order valence-corrected chi connectivity index (χ0v) is 20.7. The average Bonchev–Trinajstić information content (AvgIpc) is 2.61. The Morgan fingerprint density at radius 1 is 0.480 bits per heavy atom. The molecule has 0 saturated carbocycles. The van der Waals surface area contributed by atoms with E-state index >= 15 is 0 Å². The van der Waals surface area contributed by atoms with Gasteiger partial charge in [-0.05, 0) is 36.8 Å². The molecule has 0 nitrogen and oxygen atoms in total. The minimum absolute atomic E-state index is 0. The van der Waals surface area contributed by atoms with Gasteiger partial charge in [0.05, 0.1) is 0 Å². The normalized spacial score (nSPS) is 10.6. The van der Waals surface area contributed by atoms with Crippen LogP contribution in [0.3, 0.4) is 0 Å². The first-order chi connectivity index (χ1) is 11.9. The Bertz CT molecular complexity index is 374. The van der Waals surface area contributed by atoms with Gasteiger partial charge in [-0.1, -0.05) is 115 Å². The van der Waals surface area contributed by atoms with E-state index in [1.807, 2.05) is 0 Å². The average molecular weight is 371 g/mol. The third-order valence-electron chi connectivity index (χ3n) is 5.16. The smallest absolute Gasteiger partial charge is 1.00 e. The summed E-state index contributed by atoms with van der Waals surface area (Å²) in [5, 5.41) is 0. The number of unbranched alkanes of at least 4 members (excludes halogenated alkanes) is 12. The Morgan fingerprint density at radius 3 is 1.08 bits per heavy atom. The minimum atomic E-state index is 0. The summed E-state index contributed by atoms with van der Waals surface area (Å²) in [7, 11) is 0. The van der Waals surface area contributed by atoms with E-state index in [0.29, 0.717) is 0 Å². The van der Waals surface area contributed by atoms with Crippen LogP contribution in [-0.2, 0) is 12.8 Å². The maximum atomic E-state index is 2.37. The van der Waals surface area contributed by atoms with Gasteiger partial charge < -0.3 is 1.43 Å². The Labute approximate surface area is 202 Å². The van der Waals surface area contributed by atoms with Crippen LogP contribution in [0.1, 0.15) is 116 Å². The van der Waals surface area contributed by atoms with Crippen molar-refractivity contribution in [3.05, 3.63) is 35.4 Å². The molecule has 0 aliphatic carbocycles. The second kappa shape index (κ2) is 19.6. The summed E-state index contributed by atoms with van der Waals surface area (Å²) in [4.78, 5) is 0. The predicted molar refractivity (Wildman–Crippen MR) is 111 cm³/mol. The quantitative estimate of drug-likeness (QED) is 0.270. The molecule has 0 aromatic heterocycles. The molecule has 0 saturated heterocycles. The van der Waals surface area contributed by atoms with Gasteiger partial charge in [0.2, 0.25) is 0 Å². The van der Waals surface area contributed by atoms with Crippen LogP contribution in [0.4, 0.5) is 0 Å². The van der Waals surface area contributed by atoms with Crippen molar-refractivity contribution in [1.82, 2.24) is 0 Å². The van der Waals surface area contributed by atoms with E-state index in [1.54, 1.807) is 0 Å². The number of rotatable bonds is 16. The number of benzene rings is 1. The van der Waals surface area contributed by atoms with E-state index in [9.17, 15) is 0 Å². The van der Waals surface area contributed by atoms with Gasteiger partial charge in [-0.2, -0.15) is 0 Å². The van der Waals surface area contributed by atoms with Crippen LogP contribution >= 0.6 is 0 Å². The van der Waals surface area contributed by atoms with Gasteiger partial charge in [-0.25, -0.2) is 0 Å². The molecule has 0 unspecified atom stereocenters. The summed E-state index contributed by atoms with van der Waals surface area (Å²) in [5.41, 5.74) is 3.07. The molecule has 0 bridgehead atoms. The molecule has 0 spiro atoms. The van der Waals surface area contributed by atoms with Crippen molar-refractivity contribution in [3.8, 4) is 0 Å². The number of hydrogen-bond acceptors (Lipinski definition) is 0. The van der Waals surface area contributed by atoms with Crippen LogP contribution in [0.25, 0.3) is 0 Å². The standard InChI is InChI=1S/C24H42.K.H/c1-3-5-7-9-11-12-14-16-18-24-21-19-23(20-22-24)17-15-13-10-8-6-4-2;;/h19-22H,3-18H2,1-2H3;;/q;+1;-1. The largest absolute Gasteiger partial charge is 1.00 e. The van der Waals surface area contributed by atoms with Crippen LogP contribution in [0, 0.1) is 0 Å². The molecule has 0 aliphatic heterocycles. The molecule has 140 valence electrons. The van der Waals surface area contributed by atoms with E-state index in [0.717, 1.165) is 0 Å². The van der Waals surface area contributed by atoms with E-state index in [-0.39, 0.29) is 52.8 Å². The molecular formula is C24H43K. The number of aryl methyl sites for hydroxylation is 2. The molecule has 1 aromatic carbocycles. The third-order valence-corrected chi connectivity index (χ3v) is 5.16. The summed E-state index contributed by atoms with van der Waals surface area (Å²) >= 11 is 0. The topological polar surface area (TPSA) is 0 Å². The van der Waals surface area contributed by atoms with Crippen LogP contribution < -0.4 is 51.4 Å². The van der Waals surface area contributed by atoms with Gasteiger partial charge in [0.1, 0.15) is 0 Å². The summed E-state index contributed by atoms with van der Waals surface area (Å²) < 4.78 is 0. The molecule has 0 heterocycles. The Balaban J connectivity index is 0. The SMILES string of the molecule is CCCCCCCCCCc1ccc(CCCCCCCC)cc1.[H-].[K+]. The monoisotopic (exact) mass is 370 g/mol. The second-order valence-corrected chi connectivity index (χ2v) is 7.56. The molecule has 1 heteroatoms. The van der Waals surface area contributed by atoms with Crippen molar-refractivity contribution in [3.63, 3.8) is 0 Å². The van der Waals surface area contributed by atoms with Crippen molar-refractivity contribution in [1.29, 1.82) is 0 Å². The van der Waals surface area contributed by atoms with Crippen molar-refractivity contribution in [2.45, 2.75) is 117 Å². The van der Waals surface area contributed by atoms with E-state index in [2.05, 4.69) is 38.1 Å². The summed E-state index contributed by atoms with van der Waals surface area (Å²) in [6, 6.07) is 9.47. The van der Waals surface area contributed by atoms with Gasteiger partial charge in [-0.3, -0.25) is 0 Å². The van der Waals surface area contributed by atoms with Crippen molar-refractivity contribution < 1.29 is 52.8 Å². The van der Waals surface area contributed by atoms with Crippen molar-refractivity contribution in [2.75, 3.05) is 0 Å². The van der Waals surface area contributed by atoms with Crippen molar-refractivity contribution >= 4 is 0 Å². The van der Waals surface area contributed by atoms with E-state index < -0.39 is 0 Å². The van der Waals surface area contributed by atoms with E-state index in [1.165, 1.54) is 114 Å². The van der Waals surface area contributed by atoms with Crippen LogP contribution in [0.15, 0.2) is 24.3 Å². The fraction of sp³-hybridized carbons (Fsp3) is 0.750. The summed E-state index contributed by atoms with van der Waals surface area (Å²) in [6.07, 6.45) is 22.2. The minimum Gasteiger partial charge on any atom is -1.00 e. The Morgan fingerprint density at radius 2 is 0.760 bits per heavy atom. The zero-order valence-electron chi connectivity index (χ0n) is 18.6. The van der Waals surface area contributed by atoms with Crippen LogP contribution in [-0.4, -0.2) is 0 Å². The molecule has 0 amide bonds. The van der Waals surface area contributed by atoms with Crippen molar-refractivity contribution in [2.24, 2.45) is 0 Å². The Hall–Kier alpha value is 0.856. The van der Waals surface area contributed by atoms with Gasteiger partial charge in [-0.15, -0.1) is 0 Å². The summed E-state index contributed by atoms with van der Waals surface area (Å²) in [6.45, 7) is 4.58. The molecule has 0 radical (unpaired) electrons. The van der Waals surface area contributed by atoms with Gasteiger partial charge >= 0.3 is 51.4 Å². The third kappa shape index (κ3) is 15.6. The Kier molecular flexibility index (Phi) is 20.3. The fourth-order valence-electron chi connectivity index (χ4n) is 3.45. The van der Waals surface area contributed by atoms with Crippen LogP contribution in [0.5, 0.6) is 0 Å². The van der Waals surface area contributed by atoms with E-state index in [4.69, 9.17) is 0 Å². The predicted octanol–water partition coefficient (Wildman–Crippen LogP) is 5.39. The molecule has 25 heavy (non-hydrogen) atoms. The van der Waals surface area contributed by atoms with Crippen LogP contribution in [0.2, 0.25) is 0 Å². The molecule has 0 atom stereocenters. The molecule has 1 rings (SSSR count). The molecule has 1 aromatic rings. The first-order valence-electron chi connectivity index (χ1n) is 10.9. The first kappa shape index (κ1) is 25.9. The maximum Gasteiger partial charge on any atom is 1.00 e. The molecule has 0 fully saturated rings. The number of hydrogen-bond donors (Lipinski definition) is 0. The second-order valence-electron chi connectivity index (χ2n) is 7.56. The zero-order chi connectivity index (χ0) is 17.3. The fourth-order valence-corrected chi connectivity index (χ4v) is 3.45. The van der Waals surface area contributed by atoms with Gasteiger partial charge in [0, 0.05) is 0 Å². The molecule has 0 aliphatic rings. The molecular weight excluding hydrogens is 327 g/mol.